The third-order valence-electron chi connectivity index (χ3n) is 6.71. The van der Waals surface area contributed by atoms with Gasteiger partial charge in [0.1, 0.15) is 5.82 Å². The van der Waals surface area contributed by atoms with E-state index in [0.717, 1.165) is 49.7 Å². The van der Waals surface area contributed by atoms with Gasteiger partial charge in [-0.15, -0.1) is 0 Å². The number of hydrogen-bond donors (Lipinski definition) is 1. The van der Waals surface area contributed by atoms with Gasteiger partial charge in [-0.1, -0.05) is 24.3 Å². The van der Waals surface area contributed by atoms with Crippen molar-refractivity contribution in [2.24, 2.45) is 0 Å². The molecule has 1 N–H and O–H groups in total. The van der Waals surface area contributed by atoms with Gasteiger partial charge in [-0.25, -0.2) is 14.8 Å². The number of nitrogens with one attached hydrogen (secondary N) is 1. The maximum Gasteiger partial charge on any atom is 0.342 e. The second-order valence-electron chi connectivity index (χ2n) is 8.85. The summed E-state index contributed by atoms with van der Waals surface area (Å²) < 4.78 is 5.91. The first-order valence-corrected chi connectivity index (χ1v) is 12.2. The number of hydrazine groups is 1. The maximum atomic E-state index is 12.9. The Balaban J connectivity index is 1.10. The molecule has 0 bridgehead atoms. The fourth-order valence-corrected chi connectivity index (χ4v) is 5.71. The van der Waals surface area contributed by atoms with E-state index in [2.05, 4.69) is 39.4 Å². The van der Waals surface area contributed by atoms with E-state index in [4.69, 9.17) is 4.37 Å². The van der Waals surface area contributed by atoms with Gasteiger partial charge >= 0.3 is 6.03 Å². The summed E-state index contributed by atoms with van der Waals surface area (Å²) in [6, 6.07) is 13.8. The third kappa shape index (κ3) is 3.68. The minimum absolute atomic E-state index is 0.194. The number of piperazine rings is 1. The molecule has 4 heterocycles. The van der Waals surface area contributed by atoms with Crippen molar-refractivity contribution in [3.63, 3.8) is 0 Å². The molecule has 4 amide bonds. The number of aromatic nitrogens is 1. The van der Waals surface area contributed by atoms with Crippen LogP contribution in [-0.2, 0) is 17.9 Å². The zero-order chi connectivity index (χ0) is 23.2. The minimum atomic E-state index is -0.539. The fourth-order valence-electron chi connectivity index (χ4n) is 4.91. The van der Waals surface area contributed by atoms with Crippen LogP contribution in [0.1, 0.15) is 27.9 Å². The van der Waals surface area contributed by atoms with Crippen molar-refractivity contribution in [1.29, 1.82) is 0 Å². The average Bonchev–Trinajstić information content (AvgIpc) is 3.41. The SMILES string of the molecule is O=C1CCN(N2Cc3cc(CN4CCN(c5nsc6ccccc56)CC4)ccc3C2=O)C(=O)N1. The largest absolute Gasteiger partial charge is 0.353 e. The molecule has 2 saturated heterocycles. The predicted octanol–water partition coefficient (Wildman–Crippen LogP) is 2.43. The zero-order valence-corrected chi connectivity index (χ0v) is 19.4. The zero-order valence-electron chi connectivity index (χ0n) is 18.6. The molecular formula is C24H24N6O3S. The molecule has 0 aliphatic carbocycles. The highest BCUT2D eigenvalue weighted by Crippen LogP contribution is 2.30. The Morgan fingerprint density at radius 1 is 0.941 bits per heavy atom. The number of nitrogens with zero attached hydrogens (tertiary/aromatic N) is 5. The van der Waals surface area contributed by atoms with Crippen molar-refractivity contribution in [3.05, 3.63) is 59.2 Å². The van der Waals surface area contributed by atoms with Crippen LogP contribution in [0, 0.1) is 0 Å². The lowest BCUT2D eigenvalue weighted by atomic mass is 10.1. The van der Waals surface area contributed by atoms with Crippen LogP contribution in [0.25, 0.3) is 10.1 Å². The minimum Gasteiger partial charge on any atom is -0.353 e. The number of carbonyl (C=O) groups is 3. The van der Waals surface area contributed by atoms with Crippen molar-refractivity contribution >= 4 is 45.3 Å². The molecule has 3 aliphatic heterocycles. The average molecular weight is 477 g/mol. The van der Waals surface area contributed by atoms with Gasteiger partial charge in [0.2, 0.25) is 5.91 Å². The Bertz CT molecular complexity index is 1300. The number of benzene rings is 2. The van der Waals surface area contributed by atoms with Crippen LogP contribution in [0.15, 0.2) is 42.5 Å². The van der Waals surface area contributed by atoms with E-state index in [1.54, 1.807) is 11.5 Å². The summed E-state index contributed by atoms with van der Waals surface area (Å²) in [5.74, 6) is 0.575. The number of hydrogen-bond acceptors (Lipinski definition) is 7. The Kier molecular flexibility index (Phi) is 5.19. The van der Waals surface area contributed by atoms with Gasteiger partial charge in [0.15, 0.2) is 0 Å². The predicted molar refractivity (Wildman–Crippen MR) is 128 cm³/mol. The molecular weight excluding hydrogens is 452 g/mol. The number of urea groups is 1. The molecule has 6 rings (SSSR count). The van der Waals surface area contributed by atoms with Gasteiger partial charge in [-0.2, -0.15) is 4.37 Å². The quantitative estimate of drug-likeness (QED) is 0.622. The van der Waals surface area contributed by atoms with Crippen molar-refractivity contribution in [2.45, 2.75) is 19.5 Å². The summed E-state index contributed by atoms with van der Waals surface area (Å²) in [5, 5.41) is 6.28. The van der Waals surface area contributed by atoms with Gasteiger partial charge in [-0.05, 0) is 40.9 Å². The molecule has 2 fully saturated rings. The second kappa shape index (κ2) is 8.37. The fraction of sp³-hybridized carbons (Fsp3) is 0.333. The van der Waals surface area contributed by atoms with Crippen LogP contribution in [0.4, 0.5) is 10.6 Å². The van der Waals surface area contributed by atoms with E-state index in [1.807, 2.05) is 18.2 Å². The van der Waals surface area contributed by atoms with Crippen molar-refractivity contribution in [2.75, 3.05) is 37.6 Å². The standard InChI is InChI=1S/C24H24N6O3S/c31-21-7-8-29(24(33)25-21)30-15-17-13-16(5-6-18(17)23(30)32)14-27-9-11-28(12-10-27)22-19-3-1-2-4-20(19)34-26-22/h1-6,13H,7-12,14-15H2,(H,25,31,33). The highest BCUT2D eigenvalue weighted by atomic mass is 32.1. The molecule has 0 saturated carbocycles. The van der Waals surface area contributed by atoms with Crippen LogP contribution in [0.3, 0.4) is 0 Å². The second-order valence-corrected chi connectivity index (χ2v) is 9.65. The van der Waals surface area contributed by atoms with Gasteiger partial charge in [0.25, 0.3) is 5.91 Å². The van der Waals surface area contributed by atoms with Gasteiger partial charge in [0, 0.05) is 50.1 Å². The highest BCUT2D eigenvalue weighted by molar-refractivity contribution is 7.13. The highest BCUT2D eigenvalue weighted by Gasteiger charge is 2.37. The molecule has 9 nitrogen and oxygen atoms in total. The van der Waals surface area contributed by atoms with E-state index in [0.29, 0.717) is 12.1 Å². The molecule has 0 spiro atoms. The van der Waals surface area contributed by atoms with Crippen LogP contribution in [0.2, 0.25) is 0 Å². The first kappa shape index (κ1) is 21.1. The monoisotopic (exact) mass is 476 g/mol. The third-order valence-corrected chi connectivity index (χ3v) is 7.53. The van der Waals surface area contributed by atoms with Crippen molar-refractivity contribution in [3.8, 4) is 0 Å². The van der Waals surface area contributed by atoms with Crippen LogP contribution in [0.5, 0.6) is 0 Å². The van der Waals surface area contributed by atoms with Gasteiger partial charge < -0.3 is 4.90 Å². The molecule has 174 valence electrons. The topological polar surface area (TPSA) is 89.1 Å². The number of anilines is 1. The van der Waals surface area contributed by atoms with E-state index >= 15 is 0 Å². The van der Waals surface area contributed by atoms with E-state index in [-0.39, 0.29) is 24.8 Å². The number of carbonyl (C=O) groups excluding carboxylic acids is 3. The Labute approximate surface area is 200 Å². The summed E-state index contributed by atoms with van der Waals surface area (Å²) in [4.78, 5) is 41.3. The van der Waals surface area contributed by atoms with Crippen molar-refractivity contribution < 1.29 is 14.4 Å². The first-order valence-electron chi connectivity index (χ1n) is 11.4. The van der Waals surface area contributed by atoms with Crippen LogP contribution < -0.4 is 10.2 Å². The molecule has 1 aromatic heterocycles. The molecule has 0 unspecified atom stereocenters. The summed E-state index contributed by atoms with van der Waals surface area (Å²) >= 11 is 1.55. The van der Waals surface area contributed by atoms with Crippen molar-refractivity contribution in [1.82, 2.24) is 24.6 Å². The van der Waals surface area contributed by atoms with Gasteiger partial charge in [-0.3, -0.25) is 19.8 Å². The normalized spacial score (nSPS) is 19.2. The van der Waals surface area contributed by atoms with E-state index in [1.165, 1.54) is 20.1 Å². The number of amides is 4. The van der Waals surface area contributed by atoms with Crippen LogP contribution in [-0.4, -0.2) is 69.9 Å². The molecule has 2 aromatic carbocycles. The molecule has 34 heavy (non-hydrogen) atoms. The van der Waals surface area contributed by atoms with E-state index < -0.39 is 6.03 Å². The lowest BCUT2D eigenvalue weighted by molar-refractivity contribution is -0.123. The molecule has 0 atom stereocenters. The lowest BCUT2D eigenvalue weighted by Gasteiger charge is -2.35. The van der Waals surface area contributed by atoms with E-state index in [9.17, 15) is 14.4 Å². The molecule has 0 radical (unpaired) electrons. The Morgan fingerprint density at radius 2 is 1.76 bits per heavy atom. The summed E-state index contributed by atoms with van der Waals surface area (Å²) in [6.07, 6.45) is 0.194. The maximum absolute atomic E-state index is 12.9. The molecule has 3 aromatic rings. The summed E-state index contributed by atoms with van der Waals surface area (Å²) in [5.41, 5.74) is 2.69. The number of imide groups is 1. The summed E-state index contributed by atoms with van der Waals surface area (Å²) in [6.45, 7) is 5.10. The molecule has 10 heteroatoms. The lowest BCUT2D eigenvalue weighted by Crippen LogP contribution is -2.56. The van der Waals surface area contributed by atoms with Gasteiger partial charge in [0.05, 0.1) is 17.8 Å². The molecule has 3 aliphatic rings. The number of rotatable bonds is 4. The Morgan fingerprint density at radius 3 is 2.59 bits per heavy atom. The summed E-state index contributed by atoms with van der Waals surface area (Å²) in [7, 11) is 0. The van der Waals surface area contributed by atoms with Crippen LogP contribution >= 0.6 is 11.5 Å². The number of fused-ring (bicyclic) bond motifs is 2. The smallest absolute Gasteiger partial charge is 0.342 e. The first-order chi connectivity index (χ1) is 16.6. The Hall–Kier alpha value is -3.50.